The number of hydrogen-bond donors (Lipinski definition) is 0. The monoisotopic (exact) mass is 1440 g/mol. The van der Waals surface area contributed by atoms with Crippen molar-refractivity contribution in [1.82, 2.24) is 34.9 Å². The molecule has 7 nitrogen and oxygen atoms in total. The largest absolute Gasteiger partial charge is 0.264 e. The molecule has 4 aromatic heterocycles. The van der Waals surface area contributed by atoms with E-state index in [0.29, 0.717) is 23.3 Å². The fraction of sp³-hybridized carbons (Fsp3) is 0.0472. The van der Waals surface area contributed by atoms with E-state index < -0.39 is 10.8 Å². The van der Waals surface area contributed by atoms with E-state index in [1.807, 2.05) is 37.6 Å². The summed E-state index contributed by atoms with van der Waals surface area (Å²) in [5, 5.41) is 0. The molecule has 2 spiro atoms. The number of fused-ring (bicyclic) bond motifs is 20. The SMILES string of the molecule is Cc1ccnc(-c2ccccc2-c2ccc(-c3cccc4c3-c3ccc(-c5cc(-c6ccc(-c7cccc(-c8nc(C)nc(-c9cccc%10c9-c9cc(-c%11cccc(-c%12ccncc%12C)c%11)ccc9C%109c%10ccccc%10-c%10ccccc%109)n8)c7)cc6)nc(-c6ccccc6)n5)cc3C43c4ccccc4-c4ccccc43)cc2)c1. The molecule has 0 unspecified atom stereocenters. The number of hydrogen-bond acceptors (Lipinski definition) is 7. The standard InChI is InChI=1S/C106H69N7/c1-64-53-56-108-99(57-64)85-32-8-7-27-79(85)68-43-45-69(46-44-68)80-33-19-39-94-100(80)86-51-49-76(61-96(86)106(94)91-37-15-11-30-83(91)84-31-12-16-38-92(84)106)98-62-97(111-102(112-98)71-21-5-4-6-22-71)70-47-41-67(42-48-70)72-23-18-26-77(59-72)103-109-66(3)110-104(113-103)87-34-20-40-95-101(87)88-60-74(73-24-17-25-75(58-73)78-54-55-107-63-65(78)2)50-52-93(88)105(95)89-35-13-9-28-81(89)82-29-10-14-36-90(82)105/h4-63H,1-3H3. The predicted octanol–water partition coefficient (Wildman–Crippen LogP) is 25.4. The van der Waals surface area contributed by atoms with Gasteiger partial charge in [-0.25, -0.2) is 24.9 Å². The Morgan fingerprint density at radius 1 is 0.212 bits per heavy atom. The van der Waals surface area contributed by atoms with Gasteiger partial charge in [0.05, 0.1) is 27.9 Å². The summed E-state index contributed by atoms with van der Waals surface area (Å²) in [6.45, 7) is 6.22. The Bertz CT molecular complexity index is 6880. The second-order valence-electron chi connectivity index (χ2n) is 30.3. The summed E-state index contributed by atoms with van der Waals surface area (Å²) in [5.41, 5.74) is 40.8. The molecule has 18 aromatic rings. The number of nitrogens with zero attached hydrogens (tertiary/aromatic N) is 7. The highest BCUT2D eigenvalue weighted by atomic mass is 15.0. The molecule has 4 heterocycles. The molecule has 22 rings (SSSR count). The topological polar surface area (TPSA) is 90.2 Å². The van der Waals surface area contributed by atoms with Crippen LogP contribution in [-0.2, 0) is 10.8 Å². The van der Waals surface area contributed by atoms with E-state index in [1.54, 1.807) is 0 Å². The second kappa shape index (κ2) is 25.8. The van der Waals surface area contributed by atoms with Gasteiger partial charge < -0.3 is 0 Å². The number of rotatable bonds is 11. The predicted molar refractivity (Wildman–Crippen MR) is 458 cm³/mol. The Morgan fingerprint density at radius 3 is 1.34 bits per heavy atom. The van der Waals surface area contributed by atoms with E-state index in [-0.39, 0.29) is 0 Å². The molecular formula is C106H69N7. The maximum absolute atomic E-state index is 5.50. The second-order valence-corrected chi connectivity index (χ2v) is 30.3. The summed E-state index contributed by atoms with van der Waals surface area (Å²) in [7, 11) is 0. The van der Waals surface area contributed by atoms with Gasteiger partial charge in [-0.15, -0.1) is 0 Å². The van der Waals surface area contributed by atoms with Gasteiger partial charge in [0.1, 0.15) is 5.82 Å². The maximum Gasteiger partial charge on any atom is 0.164 e. The lowest BCUT2D eigenvalue weighted by Crippen LogP contribution is -2.25. The highest BCUT2D eigenvalue weighted by molar-refractivity contribution is 6.03. The molecular weight excluding hydrogens is 1370 g/mol. The molecule has 0 N–H and O–H groups in total. The van der Waals surface area contributed by atoms with Crippen molar-refractivity contribution in [3.8, 4) is 168 Å². The van der Waals surface area contributed by atoms with E-state index >= 15 is 0 Å². The van der Waals surface area contributed by atoms with Crippen LogP contribution in [-0.4, -0.2) is 34.9 Å². The molecule has 0 bridgehead atoms. The van der Waals surface area contributed by atoms with Gasteiger partial charge >= 0.3 is 0 Å². The minimum atomic E-state index is -0.615. The van der Waals surface area contributed by atoms with Crippen molar-refractivity contribution in [2.45, 2.75) is 31.6 Å². The number of benzene rings is 14. The molecule has 0 amide bonds. The fourth-order valence-corrected chi connectivity index (χ4v) is 19.1. The average molecular weight is 1440 g/mol. The quantitative estimate of drug-likeness (QED) is 0.127. The zero-order chi connectivity index (χ0) is 75.0. The smallest absolute Gasteiger partial charge is 0.164 e. The third-order valence-corrected chi connectivity index (χ3v) is 24.1. The van der Waals surface area contributed by atoms with Gasteiger partial charge in [-0.3, -0.25) is 9.97 Å². The summed E-state index contributed by atoms with van der Waals surface area (Å²) < 4.78 is 0. The van der Waals surface area contributed by atoms with E-state index in [9.17, 15) is 0 Å². The van der Waals surface area contributed by atoms with Crippen molar-refractivity contribution in [2.75, 3.05) is 0 Å². The van der Waals surface area contributed by atoms with Crippen LogP contribution in [0.1, 0.15) is 61.5 Å². The van der Waals surface area contributed by atoms with Crippen molar-refractivity contribution in [2.24, 2.45) is 0 Å². The first-order valence-electron chi connectivity index (χ1n) is 38.7. The molecule has 14 aromatic carbocycles. The number of pyridine rings is 2. The fourth-order valence-electron chi connectivity index (χ4n) is 19.1. The minimum Gasteiger partial charge on any atom is -0.264 e. The van der Waals surface area contributed by atoms with Crippen LogP contribution in [0.4, 0.5) is 0 Å². The molecule has 7 heteroatoms. The van der Waals surface area contributed by atoms with Gasteiger partial charge in [0.25, 0.3) is 0 Å². The summed E-state index contributed by atoms with van der Waals surface area (Å²) in [5.74, 6) is 2.53. The molecule has 0 saturated heterocycles. The molecule has 4 aliphatic carbocycles. The Kier molecular flexibility index (Phi) is 15.0. The molecule has 0 aliphatic heterocycles. The van der Waals surface area contributed by atoms with Crippen LogP contribution in [0.25, 0.3) is 168 Å². The third kappa shape index (κ3) is 10.2. The van der Waals surface area contributed by atoms with Gasteiger partial charge in [-0.1, -0.05) is 297 Å². The van der Waals surface area contributed by atoms with Crippen LogP contribution in [0, 0.1) is 20.8 Å². The van der Waals surface area contributed by atoms with Gasteiger partial charge in [0.2, 0.25) is 0 Å². The number of aromatic nitrogens is 7. The Labute approximate surface area is 656 Å². The van der Waals surface area contributed by atoms with E-state index in [4.69, 9.17) is 29.9 Å². The van der Waals surface area contributed by atoms with Crippen LogP contribution >= 0.6 is 0 Å². The maximum atomic E-state index is 5.50. The average Bonchev–Trinajstić information content (AvgIpc) is 1.51. The molecule has 0 radical (unpaired) electrons. The molecule has 528 valence electrons. The van der Waals surface area contributed by atoms with E-state index in [1.165, 1.54) is 94.6 Å². The Hall–Kier alpha value is -14.5. The summed E-state index contributed by atoms with van der Waals surface area (Å²) in [6.07, 6.45) is 5.71. The minimum absolute atomic E-state index is 0.577. The van der Waals surface area contributed by atoms with Crippen molar-refractivity contribution in [1.29, 1.82) is 0 Å². The lowest BCUT2D eigenvalue weighted by Gasteiger charge is -2.31. The van der Waals surface area contributed by atoms with Crippen LogP contribution in [0.5, 0.6) is 0 Å². The summed E-state index contributed by atoms with van der Waals surface area (Å²) in [6, 6.07) is 127. The first kappa shape index (κ1) is 65.5. The van der Waals surface area contributed by atoms with E-state index in [0.717, 1.165) is 112 Å². The highest BCUT2D eigenvalue weighted by Crippen LogP contribution is 2.66. The van der Waals surface area contributed by atoms with Crippen molar-refractivity contribution < 1.29 is 0 Å². The lowest BCUT2D eigenvalue weighted by molar-refractivity contribution is 0.794. The van der Waals surface area contributed by atoms with E-state index in [2.05, 4.69) is 352 Å². The van der Waals surface area contributed by atoms with Crippen LogP contribution in [0.3, 0.4) is 0 Å². The summed E-state index contributed by atoms with van der Waals surface area (Å²) in [4.78, 5) is 35.9. The van der Waals surface area contributed by atoms with Crippen LogP contribution in [0.2, 0.25) is 0 Å². The summed E-state index contributed by atoms with van der Waals surface area (Å²) >= 11 is 0. The lowest BCUT2D eigenvalue weighted by atomic mass is 9.70. The molecule has 0 saturated carbocycles. The van der Waals surface area contributed by atoms with Gasteiger partial charge in [0.15, 0.2) is 17.5 Å². The van der Waals surface area contributed by atoms with Crippen LogP contribution < -0.4 is 0 Å². The Balaban J connectivity index is 0.627. The van der Waals surface area contributed by atoms with Crippen molar-refractivity contribution >= 4 is 0 Å². The van der Waals surface area contributed by atoms with Crippen molar-refractivity contribution in [3.63, 3.8) is 0 Å². The molecule has 4 aliphatic rings. The number of aryl methyl sites for hydroxylation is 3. The third-order valence-electron chi connectivity index (χ3n) is 24.1. The zero-order valence-electron chi connectivity index (χ0n) is 62.3. The first-order valence-corrected chi connectivity index (χ1v) is 38.7. The molecule has 0 fully saturated rings. The van der Waals surface area contributed by atoms with Gasteiger partial charge in [-0.2, -0.15) is 0 Å². The highest BCUT2D eigenvalue weighted by Gasteiger charge is 2.54. The Morgan fingerprint density at radius 2 is 0.673 bits per heavy atom. The van der Waals surface area contributed by atoms with Crippen LogP contribution in [0.15, 0.2) is 364 Å². The van der Waals surface area contributed by atoms with Gasteiger partial charge in [-0.05, 0) is 225 Å². The van der Waals surface area contributed by atoms with Gasteiger partial charge in [0, 0.05) is 52.0 Å². The zero-order valence-corrected chi connectivity index (χ0v) is 62.3. The molecule has 113 heavy (non-hydrogen) atoms. The van der Waals surface area contributed by atoms with Crippen molar-refractivity contribution in [3.05, 3.63) is 426 Å². The normalized spacial score (nSPS) is 13.1. The molecule has 0 atom stereocenters. The first-order chi connectivity index (χ1) is 55.7.